The van der Waals surface area contributed by atoms with Crippen molar-refractivity contribution in [2.45, 2.75) is 6.54 Å². The second-order valence-corrected chi connectivity index (χ2v) is 5.90. The molecule has 0 bridgehead atoms. The monoisotopic (exact) mass is 371 g/mol. The molecule has 0 aliphatic heterocycles. The van der Waals surface area contributed by atoms with E-state index in [1.54, 1.807) is 36.4 Å². The smallest absolute Gasteiger partial charge is 0.274 e. The van der Waals surface area contributed by atoms with Gasteiger partial charge in [0.25, 0.3) is 6.20 Å². The van der Waals surface area contributed by atoms with Crippen molar-refractivity contribution in [1.29, 1.82) is 0 Å². The summed E-state index contributed by atoms with van der Waals surface area (Å²) < 4.78 is 0. The predicted octanol–water partition coefficient (Wildman–Crippen LogP) is 4.92. The molecular weight excluding hydrogens is 361 g/mol. The van der Waals surface area contributed by atoms with E-state index in [0.29, 0.717) is 27.3 Å². The zero-order chi connectivity index (χ0) is 16.8. The predicted molar refractivity (Wildman–Crippen MR) is 93.5 cm³/mol. The molecule has 8 heteroatoms. The molecular formula is C15H12Cl3N3O2. The van der Waals surface area contributed by atoms with E-state index >= 15 is 0 Å². The van der Waals surface area contributed by atoms with Gasteiger partial charge in [-0.25, -0.2) is 0 Å². The highest BCUT2D eigenvalue weighted by atomic mass is 35.5. The summed E-state index contributed by atoms with van der Waals surface area (Å²) in [6.07, 6.45) is 0.833. The quantitative estimate of drug-likeness (QED) is 0.557. The molecule has 0 spiro atoms. The van der Waals surface area contributed by atoms with Gasteiger partial charge in [-0.2, -0.15) is 0 Å². The van der Waals surface area contributed by atoms with Gasteiger partial charge in [0.15, 0.2) is 5.82 Å². The van der Waals surface area contributed by atoms with Gasteiger partial charge in [-0.3, -0.25) is 10.1 Å². The van der Waals surface area contributed by atoms with Crippen LogP contribution in [0, 0.1) is 10.1 Å². The van der Waals surface area contributed by atoms with E-state index in [-0.39, 0.29) is 5.82 Å². The van der Waals surface area contributed by atoms with Crippen LogP contribution in [0.1, 0.15) is 5.56 Å². The normalized spacial score (nSPS) is 11.2. The van der Waals surface area contributed by atoms with E-state index in [4.69, 9.17) is 34.8 Å². The van der Waals surface area contributed by atoms with Crippen LogP contribution in [-0.4, -0.2) is 4.92 Å². The first kappa shape index (κ1) is 17.4. The molecule has 0 heterocycles. The fraction of sp³-hybridized carbons (Fsp3) is 0.0667. The van der Waals surface area contributed by atoms with Gasteiger partial charge in [-0.05, 0) is 35.9 Å². The summed E-state index contributed by atoms with van der Waals surface area (Å²) in [6, 6.07) is 12.0. The zero-order valence-corrected chi connectivity index (χ0v) is 14.0. The van der Waals surface area contributed by atoms with Crippen molar-refractivity contribution in [2.24, 2.45) is 0 Å². The number of rotatable bonds is 6. The Bertz CT molecular complexity index is 730. The largest absolute Gasteiger partial charge is 0.362 e. The highest BCUT2D eigenvalue weighted by Gasteiger charge is 2.06. The Labute approximate surface area is 148 Å². The standard InChI is InChI=1S/C15H12Cl3N3O2/c16-11-3-1-2-10(4-11)8-19-15(9-21(22)23)20-14-6-12(17)5-13(18)7-14/h1-7,9,19-20H,8H2. The molecule has 0 amide bonds. The summed E-state index contributed by atoms with van der Waals surface area (Å²) in [7, 11) is 0. The summed E-state index contributed by atoms with van der Waals surface area (Å²) >= 11 is 17.7. The molecule has 0 radical (unpaired) electrons. The molecule has 0 saturated heterocycles. The van der Waals surface area contributed by atoms with Gasteiger partial charge in [0.1, 0.15) is 0 Å². The number of nitrogens with one attached hydrogen (secondary N) is 2. The van der Waals surface area contributed by atoms with Gasteiger partial charge >= 0.3 is 0 Å². The van der Waals surface area contributed by atoms with Crippen LogP contribution in [0.2, 0.25) is 15.1 Å². The second-order valence-electron chi connectivity index (χ2n) is 4.59. The van der Waals surface area contributed by atoms with Crippen molar-refractivity contribution in [3.05, 3.63) is 85.2 Å². The Morgan fingerprint density at radius 2 is 1.78 bits per heavy atom. The fourth-order valence-electron chi connectivity index (χ4n) is 1.85. The molecule has 2 N–H and O–H groups in total. The number of nitro groups is 1. The molecule has 0 unspecified atom stereocenters. The van der Waals surface area contributed by atoms with Crippen LogP contribution in [0.15, 0.2) is 54.5 Å². The van der Waals surface area contributed by atoms with Crippen LogP contribution in [0.3, 0.4) is 0 Å². The van der Waals surface area contributed by atoms with Gasteiger partial charge in [-0.1, -0.05) is 46.9 Å². The van der Waals surface area contributed by atoms with Crippen LogP contribution in [-0.2, 0) is 6.54 Å². The molecule has 0 atom stereocenters. The Hall–Kier alpha value is -1.95. The minimum absolute atomic E-state index is 0.202. The SMILES string of the molecule is O=[N+]([O-])C=C(NCc1cccc(Cl)c1)Nc1cc(Cl)cc(Cl)c1. The first-order chi connectivity index (χ1) is 10.9. The molecule has 0 saturated carbocycles. The molecule has 0 aromatic heterocycles. The van der Waals surface area contributed by atoms with E-state index in [0.717, 1.165) is 11.8 Å². The average Bonchev–Trinajstić information content (AvgIpc) is 2.43. The zero-order valence-electron chi connectivity index (χ0n) is 11.7. The van der Waals surface area contributed by atoms with E-state index in [2.05, 4.69) is 10.6 Å². The first-order valence-corrected chi connectivity index (χ1v) is 7.62. The lowest BCUT2D eigenvalue weighted by atomic mass is 10.2. The van der Waals surface area contributed by atoms with Crippen molar-refractivity contribution in [2.75, 3.05) is 5.32 Å². The lowest BCUT2D eigenvalue weighted by Gasteiger charge is -2.12. The number of anilines is 1. The van der Waals surface area contributed by atoms with Crippen LogP contribution in [0.5, 0.6) is 0 Å². The van der Waals surface area contributed by atoms with Crippen LogP contribution < -0.4 is 10.6 Å². The summed E-state index contributed by atoms with van der Waals surface area (Å²) in [5.74, 6) is 0.202. The van der Waals surface area contributed by atoms with E-state index in [1.165, 1.54) is 0 Å². The van der Waals surface area contributed by atoms with Gasteiger partial charge < -0.3 is 10.6 Å². The van der Waals surface area contributed by atoms with Gasteiger partial charge in [0, 0.05) is 27.3 Å². The van der Waals surface area contributed by atoms with Crippen molar-refractivity contribution in [3.8, 4) is 0 Å². The number of nitrogens with zero attached hydrogens (tertiary/aromatic N) is 1. The average molecular weight is 373 g/mol. The maximum atomic E-state index is 10.8. The van der Waals surface area contributed by atoms with Crippen molar-refractivity contribution in [3.63, 3.8) is 0 Å². The Morgan fingerprint density at radius 3 is 2.39 bits per heavy atom. The minimum Gasteiger partial charge on any atom is -0.362 e. The summed E-state index contributed by atoms with van der Waals surface area (Å²) in [4.78, 5) is 10.2. The van der Waals surface area contributed by atoms with Crippen molar-refractivity contribution < 1.29 is 4.92 Å². The molecule has 0 aliphatic carbocycles. The van der Waals surface area contributed by atoms with Crippen molar-refractivity contribution >= 4 is 40.5 Å². The maximum absolute atomic E-state index is 10.8. The van der Waals surface area contributed by atoms with Crippen LogP contribution in [0.25, 0.3) is 0 Å². The lowest BCUT2D eigenvalue weighted by molar-refractivity contribution is -0.403. The lowest BCUT2D eigenvalue weighted by Crippen LogP contribution is -2.20. The summed E-state index contributed by atoms with van der Waals surface area (Å²) in [5.41, 5.74) is 1.42. The molecule has 0 fully saturated rings. The number of benzene rings is 2. The highest BCUT2D eigenvalue weighted by Crippen LogP contribution is 2.23. The third kappa shape index (κ3) is 5.98. The Kier molecular flexibility index (Phi) is 6.10. The summed E-state index contributed by atoms with van der Waals surface area (Å²) in [5, 5.41) is 18.1. The van der Waals surface area contributed by atoms with Crippen LogP contribution >= 0.6 is 34.8 Å². The molecule has 2 rings (SSSR count). The molecule has 120 valence electrons. The topological polar surface area (TPSA) is 67.2 Å². The van der Waals surface area contributed by atoms with Gasteiger partial charge in [-0.15, -0.1) is 0 Å². The summed E-state index contributed by atoms with van der Waals surface area (Å²) in [6.45, 7) is 0.363. The number of hydrogen-bond donors (Lipinski definition) is 2. The van der Waals surface area contributed by atoms with Crippen LogP contribution in [0.4, 0.5) is 5.69 Å². The minimum atomic E-state index is -0.556. The van der Waals surface area contributed by atoms with E-state index in [9.17, 15) is 10.1 Å². The van der Waals surface area contributed by atoms with Gasteiger partial charge in [0.2, 0.25) is 0 Å². The van der Waals surface area contributed by atoms with E-state index < -0.39 is 4.92 Å². The number of halogens is 3. The first-order valence-electron chi connectivity index (χ1n) is 6.49. The molecule has 2 aromatic carbocycles. The molecule has 2 aromatic rings. The molecule has 23 heavy (non-hydrogen) atoms. The second kappa shape index (κ2) is 8.06. The Morgan fingerprint density at radius 1 is 1.09 bits per heavy atom. The van der Waals surface area contributed by atoms with Gasteiger partial charge in [0.05, 0.1) is 4.92 Å². The maximum Gasteiger partial charge on any atom is 0.274 e. The fourth-order valence-corrected chi connectivity index (χ4v) is 2.59. The third-order valence-electron chi connectivity index (χ3n) is 2.75. The molecule has 0 aliphatic rings. The van der Waals surface area contributed by atoms with E-state index in [1.807, 2.05) is 6.07 Å². The van der Waals surface area contributed by atoms with Crippen molar-refractivity contribution in [1.82, 2.24) is 5.32 Å². The third-order valence-corrected chi connectivity index (χ3v) is 3.42. The molecule has 5 nitrogen and oxygen atoms in total. The highest BCUT2D eigenvalue weighted by molar-refractivity contribution is 6.35. The Balaban J connectivity index is 2.12. The number of hydrogen-bond acceptors (Lipinski definition) is 4.